The lowest BCUT2D eigenvalue weighted by molar-refractivity contribution is 0.387. The predicted octanol–water partition coefficient (Wildman–Crippen LogP) is 1.69. The van der Waals surface area contributed by atoms with Crippen LogP contribution in [-0.4, -0.2) is 34.2 Å². The van der Waals surface area contributed by atoms with Crippen LogP contribution in [0.4, 0.5) is 0 Å². The highest BCUT2D eigenvalue weighted by atomic mass is 32.2. The fourth-order valence-corrected chi connectivity index (χ4v) is 5.02. The number of aromatic nitrogens is 3. The predicted molar refractivity (Wildman–Crippen MR) is 72.8 cm³/mol. The second kappa shape index (κ2) is 4.89. The van der Waals surface area contributed by atoms with Crippen molar-refractivity contribution in [3.05, 3.63) is 11.6 Å². The standard InChI is InChI=1S/C13H21N3O2S/c1-10-5-4-7-13-14-12(15-16(10)13)9-11-6-2-3-8-19(11,17)18/h10-11H,2-9H2,1H3. The van der Waals surface area contributed by atoms with Gasteiger partial charge in [-0.15, -0.1) is 0 Å². The minimum Gasteiger partial charge on any atom is -0.247 e. The molecule has 1 aromatic rings. The van der Waals surface area contributed by atoms with E-state index in [1.165, 1.54) is 0 Å². The maximum Gasteiger partial charge on any atom is 0.153 e. The summed E-state index contributed by atoms with van der Waals surface area (Å²) < 4.78 is 26.1. The topological polar surface area (TPSA) is 64.8 Å². The normalized spacial score (nSPS) is 29.9. The molecule has 3 heterocycles. The highest BCUT2D eigenvalue weighted by Crippen LogP contribution is 2.25. The van der Waals surface area contributed by atoms with Crippen molar-refractivity contribution < 1.29 is 8.42 Å². The van der Waals surface area contributed by atoms with Crippen LogP contribution in [0.2, 0.25) is 0 Å². The Hall–Kier alpha value is -0.910. The molecule has 5 nitrogen and oxygen atoms in total. The minimum atomic E-state index is -2.93. The molecule has 1 saturated heterocycles. The van der Waals surface area contributed by atoms with E-state index in [1.807, 2.05) is 4.68 Å². The summed E-state index contributed by atoms with van der Waals surface area (Å²) in [6.07, 6.45) is 6.33. The number of fused-ring (bicyclic) bond motifs is 1. The fraction of sp³-hybridized carbons (Fsp3) is 0.846. The molecule has 3 rings (SSSR count). The number of sulfone groups is 1. The molecule has 2 unspecified atom stereocenters. The molecule has 0 aliphatic carbocycles. The van der Waals surface area contributed by atoms with Gasteiger partial charge in [-0.2, -0.15) is 5.10 Å². The van der Waals surface area contributed by atoms with E-state index < -0.39 is 9.84 Å². The summed E-state index contributed by atoms with van der Waals surface area (Å²) in [7, 11) is -2.93. The molecule has 1 fully saturated rings. The first-order valence-corrected chi connectivity index (χ1v) is 8.93. The fourth-order valence-electron chi connectivity index (χ4n) is 3.15. The third-order valence-corrected chi connectivity index (χ3v) is 6.58. The van der Waals surface area contributed by atoms with E-state index in [0.29, 0.717) is 18.2 Å². The van der Waals surface area contributed by atoms with E-state index in [2.05, 4.69) is 17.0 Å². The number of hydrogen-bond donors (Lipinski definition) is 0. The summed E-state index contributed by atoms with van der Waals surface area (Å²) in [5, 5.41) is 4.27. The number of nitrogens with zero attached hydrogens (tertiary/aromatic N) is 3. The second-order valence-electron chi connectivity index (χ2n) is 5.82. The molecule has 0 amide bonds. The van der Waals surface area contributed by atoms with Crippen molar-refractivity contribution >= 4 is 9.84 Å². The third-order valence-electron chi connectivity index (χ3n) is 4.31. The molecule has 2 atom stereocenters. The summed E-state index contributed by atoms with van der Waals surface area (Å²) in [6.45, 7) is 2.15. The SMILES string of the molecule is CC1CCCc2nc(CC3CCCCS3(=O)=O)nn21. The maximum absolute atomic E-state index is 12.0. The first-order chi connectivity index (χ1) is 9.06. The van der Waals surface area contributed by atoms with Gasteiger partial charge in [-0.25, -0.2) is 18.1 Å². The lowest BCUT2D eigenvalue weighted by Gasteiger charge is -2.20. The quantitative estimate of drug-likeness (QED) is 0.828. The van der Waals surface area contributed by atoms with E-state index in [0.717, 1.165) is 50.2 Å². The highest BCUT2D eigenvalue weighted by molar-refractivity contribution is 7.92. The van der Waals surface area contributed by atoms with Gasteiger partial charge in [-0.3, -0.25) is 0 Å². The molecule has 0 N–H and O–H groups in total. The Kier molecular flexibility index (Phi) is 3.37. The van der Waals surface area contributed by atoms with Gasteiger partial charge in [0, 0.05) is 12.8 Å². The van der Waals surface area contributed by atoms with Gasteiger partial charge in [0.1, 0.15) is 5.82 Å². The molecular formula is C13H21N3O2S. The first-order valence-electron chi connectivity index (χ1n) is 7.22. The van der Waals surface area contributed by atoms with Crippen molar-refractivity contribution in [2.24, 2.45) is 0 Å². The molecule has 2 aliphatic rings. The van der Waals surface area contributed by atoms with Gasteiger partial charge < -0.3 is 0 Å². The number of rotatable bonds is 2. The van der Waals surface area contributed by atoms with Gasteiger partial charge >= 0.3 is 0 Å². The molecule has 0 bridgehead atoms. The van der Waals surface area contributed by atoms with Gasteiger partial charge in [0.05, 0.1) is 17.0 Å². The summed E-state index contributed by atoms with van der Waals surface area (Å²) >= 11 is 0. The Balaban J connectivity index is 1.80. The van der Waals surface area contributed by atoms with E-state index in [-0.39, 0.29) is 5.25 Å². The lowest BCUT2D eigenvalue weighted by Crippen LogP contribution is -2.30. The molecule has 0 saturated carbocycles. The van der Waals surface area contributed by atoms with Crippen LogP contribution in [0.25, 0.3) is 0 Å². The molecule has 19 heavy (non-hydrogen) atoms. The van der Waals surface area contributed by atoms with Crippen LogP contribution in [0.15, 0.2) is 0 Å². The van der Waals surface area contributed by atoms with E-state index in [9.17, 15) is 8.42 Å². The Morgan fingerprint density at radius 2 is 2.11 bits per heavy atom. The minimum absolute atomic E-state index is 0.263. The highest BCUT2D eigenvalue weighted by Gasteiger charge is 2.31. The molecule has 0 spiro atoms. The summed E-state index contributed by atoms with van der Waals surface area (Å²) in [4.78, 5) is 4.55. The molecule has 6 heteroatoms. The zero-order chi connectivity index (χ0) is 13.5. The average Bonchev–Trinajstić information content (AvgIpc) is 2.76. The Labute approximate surface area is 114 Å². The van der Waals surface area contributed by atoms with E-state index in [4.69, 9.17) is 0 Å². The van der Waals surface area contributed by atoms with E-state index >= 15 is 0 Å². The molecule has 2 aliphatic heterocycles. The zero-order valence-corrected chi connectivity index (χ0v) is 12.2. The van der Waals surface area contributed by atoms with E-state index in [1.54, 1.807) is 0 Å². The number of aryl methyl sites for hydroxylation is 1. The van der Waals surface area contributed by atoms with Crippen molar-refractivity contribution in [2.75, 3.05) is 5.75 Å². The summed E-state index contributed by atoms with van der Waals surface area (Å²) in [6, 6.07) is 0.396. The Morgan fingerprint density at radius 3 is 2.84 bits per heavy atom. The molecular weight excluding hydrogens is 262 g/mol. The van der Waals surface area contributed by atoms with Gasteiger partial charge in [0.25, 0.3) is 0 Å². The van der Waals surface area contributed by atoms with Crippen LogP contribution < -0.4 is 0 Å². The molecule has 106 valence electrons. The largest absolute Gasteiger partial charge is 0.247 e. The maximum atomic E-state index is 12.0. The summed E-state index contributed by atoms with van der Waals surface area (Å²) in [5.74, 6) is 2.09. The number of hydrogen-bond acceptors (Lipinski definition) is 4. The third kappa shape index (κ3) is 2.55. The molecule has 0 radical (unpaired) electrons. The smallest absolute Gasteiger partial charge is 0.153 e. The van der Waals surface area contributed by atoms with Crippen molar-refractivity contribution in [3.63, 3.8) is 0 Å². The van der Waals surface area contributed by atoms with Crippen LogP contribution in [0.5, 0.6) is 0 Å². The van der Waals surface area contributed by atoms with Crippen molar-refractivity contribution in [1.82, 2.24) is 14.8 Å². The van der Waals surface area contributed by atoms with Gasteiger partial charge in [0.2, 0.25) is 0 Å². The van der Waals surface area contributed by atoms with Gasteiger partial charge in [-0.05, 0) is 32.6 Å². The Morgan fingerprint density at radius 1 is 1.26 bits per heavy atom. The van der Waals surface area contributed by atoms with Gasteiger partial charge in [-0.1, -0.05) is 6.42 Å². The van der Waals surface area contributed by atoms with Crippen LogP contribution >= 0.6 is 0 Å². The van der Waals surface area contributed by atoms with Crippen molar-refractivity contribution in [1.29, 1.82) is 0 Å². The van der Waals surface area contributed by atoms with Crippen LogP contribution in [0.3, 0.4) is 0 Å². The molecule has 1 aromatic heterocycles. The second-order valence-corrected chi connectivity index (χ2v) is 8.22. The monoisotopic (exact) mass is 283 g/mol. The average molecular weight is 283 g/mol. The summed E-state index contributed by atoms with van der Waals surface area (Å²) in [5.41, 5.74) is 0. The van der Waals surface area contributed by atoms with Crippen LogP contribution in [0, 0.1) is 0 Å². The van der Waals surface area contributed by atoms with Crippen LogP contribution in [-0.2, 0) is 22.7 Å². The first kappa shape index (κ1) is 13.1. The molecule has 0 aromatic carbocycles. The van der Waals surface area contributed by atoms with Crippen molar-refractivity contribution in [2.45, 2.75) is 63.2 Å². The van der Waals surface area contributed by atoms with Crippen LogP contribution in [0.1, 0.15) is 56.7 Å². The van der Waals surface area contributed by atoms with Gasteiger partial charge in [0.15, 0.2) is 15.7 Å². The zero-order valence-electron chi connectivity index (χ0n) is 11.4. The lowest BCUT2D eigenvalue weighted by atomic mass is 10.1. The van der Waals surface area contributed by atoms with Crippen molar-refractivity contribution in [3.8, 4) is 0 Å². The Bertz CT molecular complexity index is 564.